The maximum atomic E-state index is 6.08. The highest BCUT2D eigenvalue weighted by atomic mass is 35.5. The van der Waals surface area contributed by atoms with E-state index in [0.717, 1.165) is 38.8 Å². The first-order valence-corrected chi connectivity index (χ1v) is 10.1. The van der Waals surface area contributed by atoms with Gasteiger partial charge in [0.2, 0.25) is 0 Å². The van der Waals surface area contributed by atoms with Gasteiger partial charge in [0.25, 0.3) is 0 Å². The molecule has 0 N–H and O–H groups in total. The van der Waals surface area contributed by atoms with Crippen LogP contribution in [0.25, 0.3) is 23.2 Å². The number of hydrogen-bond donors (Lipinski definition) is 0. The zero-order chi connectivity index (χ0) is 20.2. The van der Waals surface area contributed by atoms with Gasteiger partial charge in [0, 0.05) is 5.02 Å². The van der Waals surface area contributed by atoms with Crippen molar-refractivity contribution in [3.63, 3.8) is 0 Å². The molecule has 146 valence electrons. The van der Waals surface area contributed by atoms with Crippen molar-refractivity contribution < 1.29 is 4.74 Å². The van der Waals surface area contributed by atoms with Crippen LogP contribution in [0.3, 0.4) is 0 Å². The van der Waals surface area contributed by atoms with Crippen LogP contribution in [0.4, 0.5) is 0 Å². The third-order valence-electron chi connectivity index (χ3n) is 4.90. The summed E-state index contributed by atoms with van der Waals surface area (Å²) in [5.41, 5.74) is 5.52. The standard InChI is InChI=1S/C25H23ClN2O/c1-18-7-8-19(2)24(17-18)29-16-15-28-23-6-4-3-5-22(23)27-25(28)14-11-20-9-12-21(26)13-10-20/h3-14,17H,15-16H2,1-2H3/b14-11+. The molecule has 0 bridgehead atoms. The lowest BCUT2D eigenvalue weighted by molar-refractivity contribution is 0.297. The van der Waals surface area contributed by atoms with Gasteiger partial charge in [-0.25, -0.2) is 4.98 Å². The minimum Gasteiger partial charge on any atom is -0.491 e. The number of para-hydroxylation sites is 2. The smallest absolute Gasteiger partial charge is 0.133 e. The van der Waals surface area contributed by atoms with Crippen LogP contribution in [0, 0.1) is 13.8 Å². The summed E-state index contributed by atoms with van der Waals surface area (Å²) in [5, 5.41) is 0.734. The van der Waals surface area contributed by atoms with E-state index in [9.17, 15) is 0 Å². The summed E-state index contributed by atoms with van der Waals surface area (Å²) >= 11 is 5.98. The Morgan fingerprint density at radius 1 is 0.966 bits per heavy atom. The molecule has 0 saturated heterocycles. The van der Waals surface area contributed by atoms with Gasteiger partial charge in [-0.05, 0) is 66.9 Å². The number of aromatic nitrogens is 2. The topological polar surface area (TPSA) is 27.1 Å². The van der Waals surface area contributed by atoms with Gasteiger partial charge in [-0.1, -0.05) is 54.1 Å². The number of aryl methyl sites for hydroxylation is 2. The Bertz CT molecular complexity index is 1160. The number of hydrogen-bond acceptors (Lipinski definition) is 2. The molecule has 4 heteroatoms. The fourth-order valence-corrected chi connectivity index (χ4v) is 3.44. The van der Waals surface area contributed by atoms with Crippen molar-refractivity contribution in [2.45, 2.75) is 20.4 Å². The maximum absolute atomic E-state index is 6.08. The van der Waals surface area contributed by atoms with Crippen LogP contribution in [0.5, 0.6) is 5.75 Å². The second-order valence-electron chi connectivity index (χ2n) is 7.11. The Hall–Kier alpha value is -3.04. The quantitative estimate of drug-likeness (QED) is 0.365. The Kier molecular flexibility index (Phi) is 5.68. The van der Waals surface area contributed by atoms with Gasteiger partial charge < -0.3 is 9.30 Å². The van der Waals surface area contributed by atoms with Crippen molar-refractivity contribution in [2.24, 2.45) is 0 Å². The van der Waals surface area contributed by atoms with Crippen molar-refractivity contribution in [3.05, 3.63) is 94.3 Å². The third kappa shape index (κ3) is 4.52. The average molecular weight is 403 g/mol. The molecule has 4 aromatic rings. The van der Waals surface area contributed by atoms with Crippen LogP contribution in [-0.2, 0) is 6.54 Å². The Labute approximate surface area is 176 Å². The second-order valence-corrected chi connectivity index (χ2v) is 7.55. The SMILES string of the molecule is Cc1ccc(C)c(OCCn2c(/C=C/c3ccc(Cl)cc3)nc3ccccc32)c1. The van der Waals surface area contributed by atoms with Gasteiger partial charge >= 0.3 is 0 Å². The minimum absolute atomic E-state index is 0.576. The average Bonchev–Trinajstić information content (AvgIpc) is 3.08. The zero-order valence-electron chi connectivity index (χ0n) is 16.6. The molecule has 0 aliphatic heterocycles. The van der Waals surface area contributed by atoms with E-state index in [2.05, 4.69) is 48.8 Å². The zero-order valence-corrected chi connectivity index (χ0v) is 17.4. The van der Waals surface area contributed by atoms with Gasteiger partial charge in [0.05, 0.1) is 17.6 Å². The van der Waals surface area contributed by atoms with E-state index in [1.54, 1.807) is 0 Å². The predicted molar refractivity (Wildman–Crippen MR) is 122 cm³/mol. The first kappa shape index (κ1) is 19.3. The van der Waals surface area contributed by atoms with Crippen LogP contribution in [0.1, 0.15) is 22.5 Å². The molecule has 4 rings (SSSR count). The number of nitrogens with zero attached hydrogens (tertiary/aromatic N) is 2. The molecule has 1 heterocycles. The fourth-order valence-electron chi connectivity index (χ4n) is 3.31. The molecular formula is C25H23ClN2O. The fraction of sp³-hybridized carbons (Fsp3) is 0.160. The Balaban J connectivity index is 1.58. The Morgan fingerprint density at radius 2 is 1.76 bits per heavy atom. The van der Waals surface area contributed by atoms with Gasteiger partial charge in [0.15, 0.2) is 0 Å². The Morgan fingerprint density at radius 3 is 2.59 bits per heavy atom. The molecule has 0 amide bonds. The minimum atomic E-state index is 0.576. The molecular weight excluding hydrogens is 380 g/mol. The highest BCUT2D eigenvalue weighted by molar-refractivity contribution is 6.30. The highest BCUT2D eigenvalue weighted by Gasteiger charge is 2.09. The number of benzene rings is 3. The number of rotatable bonds is 6. The summed E-state index contributed by atoms with van der Waals surface area (Å²) in [7, 11) is 0. The first-order valence-electron chi connectivity index (χ1n) is 9.69. The van der Waals surface area contributed by atoms with Crippen molar-refractivity contribution >= 4 is 34.8 Å². The molecule has 3 nitrogen and oxygen atoms in total. The molecule has 0 aliphatic rings. The van der Waals surface area contributed by atoms with Gasteiger partial charge in [-0.3, -0.25) is 0 Å². The van der Waals surface area contributed by atoms with Crippen LogP contribution in [-0.4, -0.2) is 16.2 Å². The van der Waals surface area contributed by atoms with E-state index >= 15 is 0 Å². The van der Waals surface area contributed by atoms with E-state index in [-0.39, 0.29) is 0 Å². The summed E-state index contributed by atoms with van der Waals surface area (Å²) in [5.74, 6) is 1.85. The molecule has 0 saturated carbocycles. The molecule has 0 unspecified atom stereocenters. The highest BCUT2D eigenvalue weighted by Crippen LogP contribution is 2.21. The molecule has 0 atom stereocenters. The molecule has 0 aliphatic carbocycles. The molecule has 1 aromatic heterocycles. The molecule has 0 radical (unpaired) electrons. The largest absolute Gasteiger partial charge is 0.491 e. The van der Waals surface area contributed by atoms with E-state index in [0.29, 0.717) is 13.2 Å². The van der Waals surface area contributed by atoms with Gasteiger partial charge in [0.1, 0.15) is 18.2 Å². The number of ether oxygens (including phenoxy) is 1. The number of halogens is 1. The summed E-state index contributed by atoms with van der Waals surface area (Å²) in [4.78, 5) is 4.80. The first-order chi connectivity index (χ1) is 14.1. The second kappa shape index (κ2) is 8.54. The third-order valence-corrected chi connectivity index (χ3v) is 5.15. The summed E-state index contributed by atoms with van der Waals surface area (Å²) < 4.78 is 8.28. The van der Waals surface area contributed by atoms with Gasteiger partial charge in [-0.15, -0.1) is 0 Å². The summed E-state index contributed by atoms with van der Waals surface area (Å²) in [6.07, 6.45) is 4.10. The molecule has 3 aromatic carbocycles. The predicted octanol–water partition coefficient (Wildman–Crippen LogP) is 6.56. The van der Waals surface area contributed by atoms with E-state index in [1.165, 1.54) is 5.56 Å². The van der Waals surface area contributed by atoms with Crippen molar-refractivity contribution in [1.29, 1.82) is 0 Å². The van der Waals surface area contributed by atoms with E-state index in [4.69, 9.17) is 21.3 Å². The number of imidazole rings is 1. The molecule has 0 spiro atoms. The monoisotopic (exact) mass is 402 g/mol. The molecule has 29 heavy (non-hydrogen) atoms. The van der Waals surface area contributed by atoms with Crippen LogP contribution < -0.4 is 4.74 Å². The lowest BCUT2D eigenvalue weighted by atomic mass is 10.1. The van der Waals surface area contributed by atoms with E-state index < -0.39 is 0 Å². The van der Waals surface area contributed by atoms with Gasteiger partial charge in [-0.2, -0.15) is 0 Å². The lowest BCUT2D eigenvalue weighted by Gasteiger charge is -2.12. The van der Waals surface area contributed by atoms with Crippen LogP contribution in [0.2, 0.25) is 5.02 Å². The summed E-state index contributed by atoms with van der Waals surface area (Å²) in [6, 6.07) is 22.2. The van der Waals surface area contributed by atoms with Crippen molar-refractivity contribution in [2.75, 3.05) is 6.61 Å². The lowest BCUT2D eigenvalue weighted by Crippen LogP contribution is -2.10. The normalized spacial score (nSPS) is 11.4. The van der Waals surface area contributed by atoms with Crippen molar-refractivity contribution in [1.82, 2.24) is 9.55 Å². The number of fused-ring (bicyclic) bond motifs is 1. The molecule has 0 fully saturated rings. The maximum Gasteiger partial charge on any atom is 0.133 e. The van der Waals surface area contributed by atoms with Crippen molar-refractivity contribution in [3.8, 4) is 5.75 Å². The van der Waals surface area contributed by atoms with Crippen LogP contribution in [0.15, 0.2) is 66.7 Å². The van der Waals surface area contributed by atoms with Crippen LogP contribution >= 0.6 is 11.6 Å². The summed E-state index contributed by atoms with van der Waals surface area (Å²) in [6.45, 7) is 5.44. The van der Waals surface area contributed by atoms with E-state index in [1.807, 2.05) is 48.5 Å².